The Morgan fingerprint density at radius 1 is 1.20 bits per heavy atom. The lowest BCUT2D eigenvalue weighted by Crippen LogP contribution is -2.38. The van der Waals surface area contributed by atoms with Crippen LogP contribution in [0.2, 0.25) is 5.02 Å². The van der Waals surface area contributed by atoms with Crippen molar-refractivity contribution < 1.29 is 21.6 Å². The van der Waals surface area contributed by atoms with Crippen molar-refractivity contribution in [3.8, 4) is 0 Å². The monoisotopic (exact) mass is 345 g/mol. The first kappa shape index (κ1) is 15.9. The maximum absolute atomic E-state index is 13.0. The molecule has 0 aliphatic carbocycles. The number of hydrogen-bond donors (Lipinski definition) is 0. The lowest BCUT2D eigenvalue weighted by Gasteiger charge is -2.27. The molecule has 112 valence electrons. The highest BCUT2D eigenvalue weighted by Gasteiger charge is 2.40. The molecule has 1 saturated heterocycles. The topological polar surface area (TPSA) is 37.4 Å². The summed E-state index contributed by atoms with van der Waals surface area (Å²) in [7, 11) is -4.24. The molecule has 0 saturated carbocycles. The molecule has 1 aliphatic rings. The van der Waals surface area contributed by atoms with E-state index in [0.29, 0.717) is 11.5 Å². The van der Waals surface area contributed by atoms with Crippen LogP contribution < -0.4 is 0 Å². The number of alkyl halides is 3. The van der Waals surface area contributed by atoms with Crippen LogP contribution in [0.4, 0.5) is 13.2 Å². The Morgan fingerprint density at radius 3 is 2.35 bits per heavy atom. The van der Waals surface area contributed by atoms with E-state index in [-0.39, 0.29) is 13.1 Å². The van der Waals surface area contributed by atoms with Gasteiger partial charge in [-0.25, -0.2) is 8.42 Å². The van der Waals surface area contributed by atoms with Crippen LogP contribution in [0.15, 0.2) is 23.1 Å². The number of nitrogens with zero attached hydrogens (tertiary/aromatic N) is 1. The van der Waals surface area contributed by atoms with Gasteiger partial charge in [-0.1, -0.05) is 17.7 Å². The van der Waals surface area contributed by atoms with Crippen molar-refractivity contribution in [3.63, 3.8) is 0 Å². The van der Waals surface area contributed by atoms with Gasteiger partial charge in [0.25, 0.3) is 0 Å². The molecule has 0 aromatic heterocycles. The molecule has 3 nitrogen and oxygen atoms in total. The summed E-state index contributed by atoms with van der Waals surface area (Å²) >= 11 is 7.29. The van der Waals surface area contributed by atoms with Gasteiger partial charge in [-0.3, -0.25) is 0 Å². The quantitative estimate of drug-likeness (QED) is 0.826. The van der Waals surface area contributed by atoms with Crippen molar-refractivity contribution in [2.24, 2.45) is 0 Å². The highest BCUT2D eigenvalue weighted by atomic mass is 35.5. The first-order valence-corrected chi connectivity index (χ1v) is 8.65. The normalized spacial score (nSPS) is 18.2. The minimum absolute atomic E-state index is 0.190. The first-order chi connectivity index (χ1) is 9.24. The lowest BCUT2D eigenvalue weighted by atomic mass is 10.2. The highest BCUT2D eigenvalue weighted by molar-refractivity contribution is 7.99. The zero-order valence-corrected chi connectivity index (χ0v) is 12.5. The van der Waals surface area contributed by atoms with Gasteiger partial charge >= 0.3 is 6.18 Å². The van der Waals surface area contributed by atoms with Gasteiger partial charge in [-0.15, -0.1) is 0 Å². The van der Waals surface area contributed by atoms with E-state index in [0.717, 1.165) is 22.5 Å². The van der Waals surface area contributed by atoms with Gasteiger partial charge in [0.05, 0.1) is 10.6 Å². The Labute approximate surface area is 124 Å². The van der Waals surface area contributed by atoms with E-state index < -0.39 is 31.7 Å². The van der Waals surface area contributed by atoms with Gasteiger partial charge in [-0.05, 0) is 12.1 Å². The number of halogens is 4. The van der Waals surface area contributed by atoms with Gasteiger partial charge in [0.15, 0.2) is 0 Å². The van der Waals surface area contributed by atoms with Crippen molar-refractivity contribution in [1.29, 1.82) is 0 Å². The van der Waals surface area contributed by atoms with Crippen LogP contribution in [0.1, 0.15) is 5.56 Å². The average molecular weight is 346 g/mol. The van der Waals surface area contributed by atoms with E-state index in [9.17, 15) is 21.6 Å². The smallest absolute Gasteiger partial charge is 0.207 e. The third-order valence-electron chi connectivity index (χ3n) is 2.84. The largest absolute Gasteiger partial charge is 0.417 e. The predicted molar refractivity (Wildman–Crippen MR) is 72.5 cm³/mol. The van der Waals surface area contributed by atoms with Crippen LogP contribution in [-0.2, 0) is 16.2 Å². The summed E-state index contributed by atoms with van der Waals surface area (Å²) in [5.74, 6) is 1.12. The molecule has 1 aromatic rings. The van der Waals surface area contributed by atoms with Crippen LogP contribution in [0.3, 0.4) is 0 Å². The standard InChI is InChI=1S/C11H11ClF3NO2S2/c12-9-3-1-2-8(11(13,14)15)10(9)20(17,18)16-4-6-19-7-5-16/h1-3H,4-7H2. The highest BCUT2D eigenvalue weighted by Crippen LogP contribution is 2.39. The van der Waals surface area contributed by atoms with Gasteiger partial charge in [-0.2, -0.15) is 29.2 Å². The summed E-state index contributed by atoms with van der Waals surface area (Å²) in [4.78, 5) is -0.846. The fourth-order valence-corrected chi connectivity index (χ4v) is 5.21. The van der Waals surface area contributed by atoms with Crippen LogP contribution in [0, 0.1) is 0 Å². The summed E-state index contributed by atoms with van der Waals surface area (Å²) in [6.07, 6.45) is -4.77. The summed E-state index contributed by atoms with van der Waals surface area (Å²) in [5.41, 5.74) is -1.22. The molecule has 0 amide bonds. The Bertz CT molecular complexity index is 598. The Morgan fingerprint density at radius 2 is 1.80 bits per heavy atom. The van der Waals surface area contributed by atoms with Crippen LogP contribution in [0.5, 0.6) is 0 Å². The van der Waals surface area contributed by atoms with Crippen molar-refractivity contribution in [3.05, 3.63) is 28.8 Å². The van der Waals surface area contributed by atoms with E-state index >= 15 is 0 Å². The molecule has 9 heteroatoms. The molecule has 0 radical (unpaired) electrons. The first-order valence-electron chi connectivity index (χ1n) is 5.68. The fraction of sp³-hybridized carbons (Fsp3) is 0.455. The lowest BCUT2D eigenvalue weighted by molar-refractivity contribution is -0.139. The third-order valence-corrected chi connectivity index (χ3v) is 6.21. The summed E-state index contributed by atoms with van der Waals surface area (Å²) in [6.45, 7) is 0.380. The average Bonchev–Trinajstić information content (AvgIpc) is 2.38. The molecule has 0 atom stereocenters. The van der Waals surface area contributed by atoms with E-state index in [1.54, 1.807) is 11.8 Å². The van der Waals surface area contributed by atoms with E-state index in [2.05, 4.69) is 0 Å². The predicted octanol–water partition coefficient (Wildman–Crippen LogP) is 3.10. The molecule has 0 N–H and O–H groups in total. The van der Waals surface area contributed by atoms with Crippen LogP contribution in [-0.4, -0.2) is 37.3 Å². The fourth-order valence-electron chi connectivity index (χ4n) is 1.91. The number of rotatable bonds is 2. The number of sulfonamides is 1. The molecule has 20 heavy (non-hydrogen) atoms. The molecular weight excluding hydrogens is 335 g/mol. The zero-order chi connectivity index (χ0) is 15.0. The minimum Gasteiger partial charge on any atom is -0.207 e. The van der Waals surface area contributed by atoms with Crippen molar-refractivity contribution in [2.75, 3.05) is 24.6 Å². The van der Waals surface area contributed by atoms with Crippen molar-refractivity contribution in [2.45, 2.75) is 11.1 Å². The number of benzene rings is 1. The Hall–Kier alpha value is -0.440. The second-order valence-electron chi connectivity index (χ2n) is 4.13. The SMILES string of the molecule is O=S(=O)(c1c(Cl)cccc1C(F)(F)F)N1CCSCC1. The van der Waals surface area contributed by atoms with Crippen LogP contribution >= 0.6 is 23.4 Å². The van der Waals surface area contributed by atoms with Gasteiger partial charge in [0.1, 0.15) is 4.90 Å². The molecule has 0 bridgehead atoms. The maximum Gasteiger partial charge on any atom is 0.417 e. The second-order valence-corrected chi connectivity index (χ2v) is 7.64. The number of thioether (sulfide) groups is 1. The van der Waals surface area contributed by atoms with E-state index in [4.69, 9.17) is 11.6 Å². The summed E-state index contributed by atoms with van der Waals surface area (Å²) in [6, 6.07) is 2.98. The Kier molecular flexibility index (Phi) is 4.58. The second kappa shape index (κ2) is 5.75. The van der Waals surface area contributed by atoms with Crippen molar-refractivity contribution in [1.82, 2.24) is 4.31 Å². The zero-order valence-electron chi connectivity index (χ0n) is 10.2. The maximum atomic E-state index is 13.0. The minimum atomic E-state index is -4.77. The van der Waals surface area contributed by atoms with Gasteiger partial charge in [0.2, 0.25) is 10.0 Å². The molecule has 2 rings (SSSR count). The molecule has 1 fully saturated rings. The van der Waals surface area contributed by atoms with Gasteiger partial charge in [0, 0.05) is 24.6 Å². The molecule has 1 aliphatic heterocycles. The Balaban J connectivity index is 2.56. The molecular formula is C11H11ClF3NO2S2. The molecule has 1 heterocycles. The molecule has 0 spiro atoms. The molecule has 1 aromatic carbocycles. The van der Waals surface area contributed by atoms with E-state index in [1.807, 2.05) is 0 Å². The summed E-state index contributed by atoms with van der Waals surface area (Å²) in [5, 5.41) is -0.405. The van der Waals surface area contributed by atoms with E-state index in [1.165, 1.54) is 0 Å². The van der Waals surface area contributed by atoms with Gasteiger partial charge < -0.3 is 0 Å². The number of hydrogen-bond acceptors (Lipinski definition) is 3. The third kappa shape index (κ3) is 3.08. The molecule has 0 unspecified atom stereocenters. The summed E-state index contributed by atoms with van der Waals surface area (Å²) < 4.78 is 64.8. The van der Waals surface area contributed by atoms with Crippen LogP contribution in [0.25, 0.3) is 0 Å². The van der Waals surface area contributed by atoms with Crippen molar-refractivity contribution >= 4 is 33.4 Å².